The molecule has 21 heavy (non-hydrogen) atoms. The first kappa shape index (κ1) is 14.5. The summed E-state index contributed by atoms with van der Waals surface area (Å²) in [6, 6.07) is 4.77. The molecule has 0 aliphatic carbocycles. The maximum absolute atomic E-state index is 12.4. The zero-order valence-corrected chi connectivity index (χ0v) is 12.7. The predicted molar refractivity (Wildman–Crippen MR) is 79.6 cm³/mol. The molecule has 2 heterocycles. The summed E-state index contributed by atoms with van der Waals surface area (Å²) in [4.78, 5) is 11.5. The van der Waals surface area contributed by atoms with Crippen molar-refractivity contribution in [2.24, 2.45) is 0 Å². The minimum Gasteiger partial charge on any atom is -0.326 e. The second-order valence-electron chi connectivity index (χ2n) is 5.66. The number of carbonyl (C=O) groups excluding carboxylic acids is 1. The molecule has 0 aromatic heterocycles. The maximum Gasteiger partial charge on any atom is 0.240 e. The van der Waals surface area contributed by atoms with Crippen molar-refractivity contribution in [3.63, 3.8) is 0 Å². The van der Waals surface area contributed by atoms with Crippen molar-refractivity contribution in [3.05, 3.63) is 23.8 Å². The Morgan fingerprint density at radius 2 is 2.19 bits per heavy atom. The minimum atomic E-state index is -3.57. The van der Waals surface area contributed by atoms with Crippen molar-refractivity contribution in [1.29, 1.82) is 0 Å². The van der Waals surface area contributed by atoms with Gasteiger partial charge in [0.2, 0.25) is 15.9 Å². The van der Waals surface area contributed by atoms with Gasteiger partial charge in [0.15, 0.2) is 0 Å². The lowest BCUT2D eigenvalue weighted by Gasteiger charge is -2.21. The summed E-state index contributed by atoms with van der Waals surface area (Å²) >= 11 is 0. The zero-order chi connectivity index (χ0) is 15.0. The van der Waals surface area contributed by atoms with Crippen molar-refractivity contribution in [2.45, 2.75) is 43.2 Å². The Morgan fingerprint density at radius 3 is 2.90 bits per heavy atom. The third kappa shape index (κ3) is 2.95. The van der Waals surface area contributed by atoms with Crippen LogP contribution in [0.4, 0.5) is 5.69 Å². The van der Waals surface area contributed by atoms with E-state index in [1.807, 2.05) is 6.92 Å². The summed E-state index contributed by atoms with van der Waals surface area (Å²) in [5, 5.41) is 5.99. The molecule has 6 nitrogen and oxygen atoms in total. The summed E-state index contributed by atoms with van der Waals surface area (Å²) in [5.74, 6) is -0.101. The average Bonchev–Trinajstić information content (AvgIpc) is 3.04. The van der Waals surface area contributed by atoms with E-state index in [4.69, 9.17) is 0 Å². The van der Waals surface area contributed by atoms with E-state index in [0.29, 0.717) is 5.69 Å². The van der Waals surface area contributed by atoms with Gasteiger partial charge in [-0.15, -0.1) is 0 Å². The molecule has 2 unspecified atom stereocenters. The van der Waals surface area contributed by atoms with Gasteiger partial charge in [-0.25, -0.2) is 13.1 Å². The molecule has 1 saturated heterocycles. The van der Waals surface area contributed by atoms with Crippen LogP contribution in [0, 0.1) is 0 Å². The predicted octanol–water partition coefficient (Wildman–Crippen LogP) is 0.600. The first-order valence-corrected chi connectivity index (χ1v) is 8.62. The molecule has 0 radical (unpaired) electrons. The molecule has 0 saturated carbocycles. The molecule has 2 atom stereocenters. The Hall–Kier alpha value is -1.44. The Labute approximate surface area is 124 Å². The SMILES string of the molecule is CC(NS(=O)(=O)c1ccc2c(c1)CC(=O)N2)C1CCCN1. The molecule has 2 aliphatic heterocycles. The first-order chi connectivity index (χ1) is 9.95. The topological polar surface area (TPSA) is 87.3 Å². The van der Waals surface area contributed by atoms with Gasteiger partial charge in [0.05, 0.1) is 11.3 Å². The molecule has 3 N–H and O–H groups in total. The number of anilines is 1. The Morgan fingerprint density at radius 1 is 1.38 bits per heavy atom. The Kier molecular flexibility index (Phi) is 3.73. The fraction of sp³-hybridized carbons (Fsp3) is 0.500. The molecule has 2 aliphatic rings. The van der Waals surface area contributed by atoms with E-state index in [1.165, 1.54) is 6.07 Å². The van der Waals surface area contributed by atoms with Crippen LogP contribution in [-0.2, 0) is 21.2 Å². The van der Waals surface area contributed by atoms with Crippen molar-refractivity contribution in [1.82, 2.24) is 10.0 Å². The summed E-state index contributed by atoms with van der Waals surface area (Å²) in [6.45, 7) is 2.81. The van der Waals surface area contributed by atoms with E-state index >= 15 is 0 Å². The third-order valence-corrected chi connectivity index (χ3v) is 5.61. The van der Waals surface area contributed by atoms with Gasteiger partial charge in [-0.05, 0) is 50.1 Å². The van der Waals surface area contributed by atoms with E-state index in [-0.39, 0.29) is 29.3 Å². The normalized spacial score (nSPS) is 22.9. The summed E-state index contributed by atoms with van der Waals surface area (Å²) in [6.07, 6.45) is 2.29. The van der Waals surface area contributed by atoms with Gasteiger partial charge >= 0.3 is 0 Å². The first-order valence-electron chi connectivity index (χ1n) is 7.14. The van der Waals surface area contributed by atoms with E-state index in [2.05, 4.69) is 15.4 Å². The van der Waals surface area contributed by atoms with Gasteiger partial charge in [0, 0.05) is 17.8 Å². The highest BCUT2D eigenvalue weighted by molar-refractivity contribution is 7.89. The van der Waals surface area contributed by atoms with Crippen LogP contribution in [0.2, 0.25) is 0 Å². The van der Waals surface area contributed by atoms with Crippen molar-refractivity contribution in [3.8, 4) is 0 Å². The lowest BCUT2D eigenvalue weighted by molar-refractivity contribution is -0.115. The smallest absolute Gasteiger partial charge is 0.240 e. The van der Waals surface area contributed by atoms with Crippen molar-refractivity contribution >= 4 is 21.6 Å². The van der Waals surface area contributed by atoms with Gasteiger partial charge in [-0.3, -0.25) is 4.79 Å². The second kappa shape index (κ2) is 5.40. The van der Waals surface area contributed by atoms with Gasteiger partial charge in [0.25, 0.3) is 0 Å². The minimum absolute atomic E-state index is 0.101. The summed E-state index contributed by atoms with van der Waals surface area (Å²) in [7, 11) is -3.57. The lowest BCUT2D eigenvalue weighted by Crippen LogP contribution is -2.45. The van der Waals surface area contributed by atoms with Gasteiger partial charge in [-0.1, -0.05) is 0 Å². The number of carbonyl (C=O) groups is 1. The van der Waals surface area contributed by atoms with Crippen LogP contribution in [0.3, 0.4) is 0 Å². The molecule has 0 bridgehead atoms. The van der Waals surface area contributed by atoms with Crippen LogP contribution in [0.15, 0.2) is 23.1 Å². The fourth-order valence-corrected chi connectivity index (χ4v) is 4.24. The number of rotatable bonds is 4. The number of fused-ring (bicyclic) bond motifs is 1. The highest BCUT2D eigenvalue weighted by Crippen LogP contribution is 2.26. The summed E-state index contributed by atoms with van der Waals surface area (Å²) in [5.41, 5.74) is 1.43. The molecule has 3 rings (SSSR count). The molecule has 1 aromatic carbocycles. The fourth-order valence-electron chi connectivity index (χ4n) is 2.91. The van der Waals surface area contributed by atoms with Crippen molar-refractivity contribution in [2.75, 3.05) is 11.9 Å². The quantitative estimate of drug-likeness (QED) is 0.760. The highest BCUT2D eigenvalue weighted by Gasteiger charge is 2.27. The molecule has 1 aromatic rings. The number of hydrogen-bond donors (Lipinski definition) is 3. The largest absolute Gasteiger partial charge is 0.326 e. The van der Waals surface area contributed by atoms with Crippen LogP contribution >= 0.6 is 0 Å². The number of benzene rings is 1. The monoisotopic (exact) mass is 309 g/mol. The highest BCUT2D eigenvalue weighted by atomic mass is 32.2. The molecule has 1 fully saturated rings. The van der Waals surface area contributed by atoms with Crippen LogP contribution in [0.5, 0.6) is 0 Å². The van der Waals surface area contributed by atoms with Crippen LogP contribution in [0.25, 0.3) is 0 Å². The van der Waals surface area contributed by atoms with Gasteiger partial charge < -0.3 is 10.6 Å². The zero-order valence-electron chi connectivity index (χ0n) is 11.8. The van der Waals surface area contributed by atoms with Crippen molar-refractivity contribution < 1.29 is 13.2 Å². The second-order valence-corrected chi connectivity index (χ2v) is 7.37. The van der Waals surface area contributed by atoms with E-state index in [9.17, 15) is 13.2 Å². The Balaban J connectivity index is 1.79. The number of hydrogen-bond acceptors (Lipinski definition) is 4. The number of sulfonamides is 1. The number of amides is 1. The number of nitrogens with one attached hydrogen (secondary N) is 3. The lowest BCUT2D eigenvalue weighted by atomic mass is 10.1. The summed E-state index contributed by atoms with van der Waals surface area (Å²) < 4.78 is 27.6. The molecular formula is C14H19N3O3S. The molecule has 114 valence electrons. The standard InChI is InChI=1S/C14H19N3O3S/c1-9(12-3-2-6-15-12)17-21(19,20)11-4-5-13-10(7-11)8-14(18)16-13/h4-5,7,9,12,15,17H,2-3,6,8H2,1H3,(H,16,18). The maximum atomic E-state index is 12.4. The van der Waals surface area contributed by atoms with E-state index < -0.39 is 10.0 Å². The third-order valence-electron chi connectivity index (χ3n) is 4.06. The van der Waals surface area contributed by atoms with Crippen LogP contribution in [0.1, 0.15) is 25.3 Å². The van der Waals surface area contributed by atoms with Gasteiger partial charge in [0.1, 0.15) is 0 Å². The molecule has 1 amide bonds. The van der Waals surface area contributed by atoms with Crippen LogP contribution < -0.4 is 15.4 Å². The average molecular weight is 309 g/mol. The van der Waals surface area contributed by atoms with E-state index in [0.717, 1.165) is 24.9 Å². The molecular weight excluding hydrogens is 290 g/mol. The van der Waals surface area contributed by atoms with Gasteiger partial charge in [-0.2, -0.15) is 0 Å². The molecule has 0 spiro atoms. The van der Waals surface area contributed by atoms with E-state index in [1.54, 1.807) is 12.1 Å². The Bertz CT molecular complexity index is 666. The van der Waals surface area contributed by atoms with Crippen LogP contribution in [-0.4, -0.2) is 33.0 Å². The molecule has 7 heteroatoms.